The van der Waals surface area contributed by atoms with E-state index in [1.165, 1.54) is 29.6 Å². The number of carbonyl (C=O) groups excluding carboxylic acids is 10. The molecule has 0 spiro atoms. The molecule has 13 N–H and O–H groups in total. The first-order valence-corrected chi connectivity index (χ1v) is 30.4. The number of phenolic OH excluding ortho intramolecular Hbond substituents is 1. The Morgan fingerprint density at radius 2 is 1.38 bits per heavy atom. The predicted molar refractivity (Wildman–Crippen MR) is 325 cm³/mol. The van der Waals surface area contributed by atoms with Gasteiger partial charge in [-0.05, 0) is 99.5 Å². The first kappa shape index (κ1) is 67.8. The fourth-order valence-electron chi connectivity index (χ4n) is 11.6. The number of aromatic nitrogens is 3. The minimum atomic E-state index is -1.45. The number of carbonyl (C=O) groups is 10. The Kier molecular flexibility index (Phi) is 25.7. The number of nitrogens with zero attached hydrogens (tertiary/aromatic N) is 3. The number of aromatic hydroxyl groups is 1. The Balaban J connectivity index is 1.22. The molecule has 2 aliphatic rings. The molecule has 472 valence electrons. The van der Waals surface area contributed by atoms with Crippen LogP contribution in [0.15, 0.2) is 72.2 Å². The van der Waals surface area contributed by atoms with Crippen molar-refractivity contribution in [3.63, 3.8) is 0 Å². The van der Waals surface area contributed by atoms with Gasteiger partial charge >= 0.3 is 0 Å². The summed E-state index contributed by atoms with van der Waals surface area (Å²) in [6, 6.07) is 8.12. The molecule has 4 aromatic rings. The predicted octanol–water partition coefficient (Wildman–Crippen LogP) is 2.92. The van der Waals surface area contributed by atoms with Crippen LogP contribution in [0.1, 0.15) is 128 Å². The van der Waals surface area contributed by atoms with Gasteiger partial charge < -0.3 is 63.1 Å². The number of benzene rings is 2. The normalized spacial score (nSPS) is 17.3. The Bertz CT molecular complexity index is 3050. The lowest BCUT2D eigenvalue weighted by molar-refractivity contribution is -0.143. The summed E-state index contributed by atoms with van der Waals surface area (Å²) in [6.07, 6.45) is 5.44. The Hall–Kier alpha value is -8.28. The van der Waals surface area contributed by atoms with Crippen molar-refractivity contribution in [1.29, 1.82) is 0 Å². The van der Waals surface area contributed by atoms with Crippen LogP contribution < -0.4 is 38.1 Å². The fourth-order valence-corrected chi connectivity index (χ4v) is 11.6. The molecular weight excluding hydrogens is 1120 g/mol. The van der Waals surface area contributed by atoms with Crippen LogP contribution in [0.25, 0.3) is 10.9 Å². The number of aliphatic hydroxyl groups is 1. The van der Waals surface area contributed by atoms with E-state index >= 15 is 0 Å². The van der Waals surface area contributed by atoms with E-state index in [0.29, 0.717) is 49.2 Å². The van der Waals surface area contributed by atoms with Crippen LogP contribution in [0.3, 0.4) is 0 Å². The molecule has 0 aliphatic carbocycles. The number of aliphatic hydroxyl groups excluding tert-OH is 1. The van der Waals surface area contributed by atoms with Gasteiger partial charge in [-0.15, -0.1) is 0 Å². The summed E-state index contributed by atoms with van der Waals surface area (Å²) in [4.78, 5) is 156. The smallest absolute Gasteiger partial charge is 0.242 e. The van der Waals surface area contributed by atoms with Crippen molar-refractivity contribution in [3.8, 4) is 5.75 Å². The number of phenols is 1. The van der Waals surface area contributed by atoms with Gasteiger partial charge in [0.05, 0.1) is 48.9 Å². The highest BCUT2D eigenvalue weighted by Gasteiger charge is 2.40. The van der Waals surface area contributed by atoms with Gasteiger partial charge in [-0.25, -0.2) is 4.98 Å². The van der Waals surface area contributed by atoms with Crippen LogP contribution in [0, 0.1) is 35.5 Å². The summed E-state index contributed by atoms with van der Waals surface area (Å²) in [6.45, 7) is 9.36. The van der Waals surface area contributed by atoms with Gasteiger partial charge in [0.15, 0.2) is 29.1 Å². The number of guanidine groups is 1. The zero-order valence-electron chi connectivity index (χ0n) is 50.6. The van der Waals surface area contributed by atoms with Crippen molar-refractivity contribution < 1.29 is 58.2 Å². The number of para-hydroxylation sites is 1. The molecule has 6 amide bonds. The number of Topliss-reactive ketones (excluding diaryl/α,β-unsaturated/α-hetero) is 4. The number of ketones is 4. The first-order chi connectivity index (χ1) is 41.5. The maximum Gasteiger partial charge on any atom is 0.242 e. The number of imidazole rings is 1. The zero-order valence-corrected chi connectivity index (χ0v) is 50.6. The third-order valence-electron chi connectivity index (χ3n) is 16.1. The topological polar surface area (TPSA) is 383 Å². The number of H-pyrrole nitrogens is 2. The number of likely N-dealkylation sites (N-methyl/N-ethyl adjacent to an activating group) is 1. The number of amides is 6. The minimum Gasteiger partial charge on any atom is -0.508 e. The van der Waals surface area contributed by atoms with Gasteiger partial charge in [-0.3, -0.25) is 52.9 Å². The van der Waals surface area contributed by atoms with E-state index < -0.39 is 108 Å². The standard InChI is InChI=1S/C63H88N12O12/c1-6-67-61(86)52-14-10-22-75(52)62(87)39(11-9-21-68-63(64)65)28-54(79)49(24-37(4)5)72-58(83)40(23-36(2)3)29-55(80)50(25-38-15-17-45(77)18-16-38)73-60(85)43(34-76)31-56(81)51(27-42-32-69-47-13-8-7-12-46(42)47)74-59(84)41(26-44-33-66-35-70-44)30-53(78)48-19-20-57(82)71-48/h7-8,12-13,15-18,32-33,35-37,39-41,43,48-52,69,76-77H,6,9-11,14,19-31,34H2,1-5H3,(H,66,70)(H,67,86)(H,71,82)(H,72,83)(H,73,85)(H,74,84)(H4,64,65,68)/t39-,40+,41-,43+,48+,49+,50+,51+,52+/m1/s1. The third kappa shape index (κ3) is 20.4. The number of hydrogen-bond donors (Lipinski definition) is 11. The van der Waals surface area contributed by atoms with Crippen LogP contribution in [-0.2, 0) is 67.2 Å². The summed E-state index contributed by atoms with van der Waals surface area (Å²) in [5.74, 6) is -9.80. The summed E-state index contributed by atoms with van der Waals surface area (Å²) >= 11 is 0. The number of likely N-dealkylation sites (tertiary alicyclic amines) is 1. The maximum absolute atomic E-state index is 14.8. The summed E-state index contributed by atoms with van der Waals surface area (Å²) in [5.41, 5.74) is 13.6. The molecule has 2 aliphatic heterocycles. The Morgan fingerprint density at radius 3 is 2.01 bits per heavy atom. The number of nitrogens with two attached hydrogens (primary N) is 2. The van der Waals surface area contributed by atoms with Gasteiger partial charge in [0.2, 0.25) is 35.4 Å². The number of aliphatic imine (C=N–C) groups is 1. The van der Waals surface area contributed by atoms with Crippen LogP contribution in [0.4, 0.5) is 0 Å². The second-order valence-corrected chi connectivity index (χ2v) is 24.0. The summed E-state index contributed by atoms with van der Waals surface area (Å²) < 4.78 is 0. The van der Waals surface area contributed by atoms with Crippen molar-refractivity contribution in [3.05, 3.63) is 84.1 Å². The SMILES string of the molecule is CCNC(=O)[C@@H]1CCCN1C(=O)[C@H](CCCN=C(N)N)CC(=O)[C@H](CC(C)C)NC(=O)[C@H](CC(=O)[C@H](Cc1ccc(O)cc1)NC(=O)[C@H](CO)CC(=O)[C@H](Cc1c[nH]c2ccccc12)NC(=O)[C@@H](CC(=O)[C@@H]1CCC(=O)N1)Cc1cnc[nH]1)CC(C)C. The molecule has 0 bridgehead atoms. The lowest BCUT2D eigenvalue weighted by Crippen LogP contribution is -2.50. The molecule has 0 saturated carbocycles. The molecule has 4 heterocycles. The average Bonchev–Trinajstić information content (AvgIpc) is 4.55. The number of hydrogen-bond acceptors (Lipinski definition) is 14. The van der Waals surface area contributed by atoms with Crippen molar-refractivity contribution >= 4 is 75.4 Å². The number of nitrogens with one attached hydrogen (secondary N) is 7. The maximum atomic E-state index is 14.8. The molecule has 2 aromatic heterocycles. The number of aromatic amines is 2. The second-order valence-electron chi connectivity index (χ2n) is 24.0. The zero-order chi connectivity index (χ0) is 63.3. The number of rotatable bonds is 36. The molecule has 2 aromatic carbocycles. The molecule has 24 nitrogen and oxygen atoms in total. The van der Waals surface area contributed by atoms with E-state index in [-0.39, 0.29) is 118 Å². The summed E-state index contributed by atoms with van der Waals surface area (Å²) in [5, 5.41) is 35.8. The van der Waals surface area contributed by atoms with Crippen LogP contribution in [0.2, 0.25) is 0 Å². The van der Waals surface area contributed by atoms with E-state index in [4.69, 9.17) is 11.5 Å². The molecule has 6 rings (SSSR count). The van der Waals surface area contributed by atoms with Crippen molar-refractivity contribution in [2.24, 2.45) is 52.0 Å². The molecule has 24 heteroatoms. The van der Waals surface area contributed by atoms with E-state index in [9.17, 15) is 58.2 Å². The first-order valence-electron chi connectivity index (χ1n) is 30.4. The van der Waals surface area contributed by atoms with Crippen molar-refractivity contribution in [2.45, 2.75) is 161 Å². The number of fused-ring (bicyclic) bond motifs is 1. The van der Waals surface area contributed by atoms with Gasteiger partial charge in [0.25, 0.3) is 0 Å². The van der Waals surface area contributed by atoms with Gasteiger partial charge in [0, 0.05) is 105 Å². The van der Waals surface area contributed by atoms with E-state index in [1.54, 1.807) is 25.3 Å². The highest BCUT2D eigenvalue weighted by atomic mass is 16.3. The van der Waals surface area contributed by atoms with Gasteiger partial charge in [-0.1, -0.05) is 58.0 Å². The average molecular weight is 1210 g/mol. The van der Waals surface area contributed by atoms with Crippen molar-refractivity contribution in [2.75, 3.05) is 26.2 Å². The largest absolute Gasteiger partial charge is 0.508 e. The lowest BCUT2D eigenvalue weighted by Gasteiger charge is -2.30. The van der Waals surface area contributed by atoms with Crippen LogP contribution >= 0.6 is 0 Å². The molecule has 2 saturated heterocycles. The van der Waals surface area contributed by atoms with Gasteiger partial charge in [-0.2, -0.15) is 0 Å². The Morgan fingerprint density at radius 1 is 0.747 bits per heavy atom. The van der Waals surface area contributed by atoms with E-state index in [1.807, 2.05) is 52.0 Å². The fraction of sp³-hybridized carbons (Fsp3) is 0.556. The molecule has 0 unspecified atom stereocenters. The second kappa shape index (κ2) is 33.0. The van der Waals surface area contributed by atoms with Crippen LogP contribution in [-0.4, -0.2) is 151 Å². The van der Waals surface area contributed by atoms with Crippen LogP contribution in [0.5, 0.6) is 5.75 Å². The summed E-state index contributed by atoms with van der Waals surface area (Å²) in [7, 11) is 0. The molecule has 9 atom stereocenters. The van der Waals surface area contributed by atoms with Gasteiger partial charge in [0.1, 0.15) is 11.8 Å². The molecule has 2 fully saturated rings. The van der Waals surface area contributed by atoms with E-state index in [0.717, 1.165) is 10.9 Å². The highest BCUT2D eigenvalue weighted by Crippen LogP contribution is 2.28. The van der Waals surface area contributed by atoms with E-state index in [2.05, 4.69) is 46.5 Å². The molecule has 87 heavy (non-hydrogen) atoms. The Labute approximate surface area is 507 Å². The minimum absolute atomic E-state index is 0.0364. The van der Waals surface area contributed by atoms with Crippen molar-refractivity contribution in [1.82, 2.24) is 46.4 Å². The third-order valence-corrected chi connectivity index (χ3v) is 16.1. The molecule has 0 radical (unpaired) electrons. The molecular formula is C63H88N12O12. The highest BCUT2D eigenvalue weighted by molar-refractivity contribution is 5.99. The monoisotopic (exact) mass is 1200 g/mol. The lowest BCUT2D eigenvalue weighted by atomic mass is 9.86. The quantitative estimate of drug-likeness (QED) is 0.0177.